The highest BCUT2D eigenvalue weighted by Gasteiger charge is 2.45. The Bertz CT molecular complexity index is 939. The van der Waals surface area contributed by atoms with Gasteiger partial charge in [-0.3, -0.25) is 9.59 Å². The molecule has 3 heterocycles. The lowest BCUT2D eigenvalue weighted by atomic mass is 9.97. The van der Waals surface area contributed by atoms with E-state index in [1.54, 1.807) is 34.6 Å². The zero-order valence-electron chi connectivity index (χ0n) is 14.8. The first-order chi connectivity index (χ1) is 13.1. The highest BCUT2D eigenvalue weighted by molar-refractivity contribution is 7.10. The van der Waals surface area contributed by atoms with Crippen LogP contribution in [0.15, 0.2) is 66.2 Å². The predicted molar refractivity (Wildman–Crippen MR) is 107 cm³/mol. The number of anilines is 2. The predicted octanol–water partition coefficient (Wildman–Crippen LogP) is 4.18. The van der Waals surface area contributed by atoms with Crippen LogP contribution in [0.1, 0.15) is 22.9 Å². The molecule has 2 aromatic heterocycles. The molecule has 136 valence electrons. The summed E-state index contributed by atoms with van der Waals surface area (Å²) in [6.45, 7) is 2.01. The molecule has 1 aromatic carbocycles. The standard InChI is InChI=1S/C21H19N3O2S/c1-14-7-9-15(10-8-14)24-19(25)13-16(20(24)17-5-4-12-27-17)21(26)23-18-6-2-3-11-22-18/h2-12,16,20H,13H2,1H3,(H,22,23,26)/t16-,20+/m1/s1. The summed E-state index contributed by atoms with van der Waals surface area (Å²) in [6.07, 6.45) is 1.81. The minimum Gasteiger partial charge on any atom is -0.310 e. The molecule has 3 aromatic rings. The molecule has 0 spiro atoms. The van der Waals surface area contributed by atoms with E-state index in [0.29, 0.717) is 5.82 Å². The number of hydrogen-bond acceptors (Lipinski definition) is 4. The molecule has 1 N–H and O–H groups in total. The molecule has 1 saturated heterocycles. The summed E-state index contributed by atoms with van der Waals surface area (Å²) in [5.74, 6) is -0.207. The van der Waals surface area contributed by atoms with Crippen LogP contribution in [0.4, 0.5) is 11.5 Å². The van der Waals surface area contributed by atoms with Gasteiger partial charge in [0.15, 0.2) is 0 Å². The van der Waals surface area contributed by atoms with Crippen LogP contribution in [0, 0.1) is 12.8 Å². The van der Waals surface area contributed by atoms with Crippen LogP contribution in [0.5, 0.6) is 0 Å². The van der Waals surface area contributed by atoms with Gasteiger partial charge in [0, 0.05) is 23.2 Å². The second-order valence-corrected chi connectivity index (χ2v) is 7.55. The van der Waals surface area contributed by atoms with E-state index in [0.717, 1.165) is 16.1 Å². The zero-order valence-corrected chi connectivity index (χ0v) is 15.6. The molecule has 6 heteroatoms. The minimum absolute atomic E-state index is 0.0431. The normalized spacial score (nSPS) is 19.3. The number of carbonyl (C=O) groups is 2. The lowest BCUT2D eigenvalue weighted by Gasteiger charge is -2.27. The van der Waals surface area contributed by atoms with E-state index in [9.17, 15) is 9.59 Å². The number of nitrogens with zero attached hydrogens (tertiary/aromatic N) is 2. The van der Waals surface area contributed by atoms with Crippen molar-refractivity contribution in [3.05, 3.63) is 76.6 Å². The molecular formula is C21H19N3O2S. The number of carbonyl (C=O) groups excluding carboxylic acids is 2. The number of pyridine rings is 1. The van der Waals surface area contributed by atoms with Gasteiger partial charge >= 0.3 is 0 Å². The van der Waals surface area contributed by atoms with Crippen molar-refractivity contribution in [1.82, 2.24) is 4.98 Å². The Kier molecular flexibility index (Phi) is 4.73. The molecule has 0 bridgehead atoms. The smallest absolute Gasteiger partial charge is 0.231 e. The number of aryl methyl sites for hydroxylation is 1. The van der Waals surface area contributed by atoms with Crippen molar-refractivity contribution in [2.45, 2.75) is 19.4 Å². The molecule has 0 unspecified atom stereocenters. The van der Waals surface area contributed by atoms with Crippen molar-refractivity contribution in [3.8, 4) is 0 Å². The number of hydrogen-bond donors (Lipinski definition) is 1. The van der Waals surface area contributed by atoms with Gasteiger partial charge in [-0.2, -0.15) is 0 Å². The Morgan fingerprint density at radius 3 is 2.63 bits per heavy atom. The van der Waals surface area contributed by atoms with Crippen LogP contribution >= 0.6 is 11.3 Å². The summed E-state index contributed by atoms with van der Waals surface area (Å²) < 4.78 is 0. The Labute approximate surface area is 161 Å². The third-order valence-electron chi connectivity index (χ3n) is 4.72. The van der Waals surface area contributed by atoms with Gasteiger partial charge in [0.25, 0.3) is 0 Å². The highest BCUT2D eigenvalue weighted by Crippen LogP contribution is 2.43. The van der Waals surface area contributed by atoms with Gasteiger partial charge in [0.05, 0.1) is 12.0 Å². The average Bonchev–Trinajstić information content (AvgIpc) is 3.31. The average molecular weight is 377 g/mol. The van der Waals surface area contributed by atoms with E-state index in [1.165, 1.54) is 0 Å². The molecule has 1 aliphatic rings. The third-order valence-corrected chi connectivity index (χ3v) is 5.67. The monoisotopic (exact) mass is 377 g/mol. The van der Waals surface area contributed by atoms with E-state index in [-0.39, 0.29) is 24.3 Å². The van der Waals surface area contributed by atoms with Gasteiger partial charge in [-0.1, -0.05) is 29.8 Å². The van der Waals surface area contributed by atoms with Crippen molar-refractivity contribution in [1.29, 1.82) is 0 Å². The Balaban J connectivity index is 1.68. The minimum atomic E-state index is -0.473. The lowest BCUT2D eigenvalue weighted by molar-refractivity contribution is -0.122. The molecule has 2 atom stereocenters. The molecule has 2 amide bonds. The van der Waals surface area contributed by atoms with Crippen LogP contribution in [-0.2, 0) is 9.59 Å². The topological polar surface area (TPSA) is 62.3 Å². The fraction of sp³-hybridized carbons (Fsp3) is 0.190. The van der Waals surface area contributed by atoms with Gasteiger partial charge in [-0.15, -0.1) is 11.3 Å². The van der Waals surface area contributed by atoms with Crippen LogP contribution in [0.3, 0.4) is 0 Å². The summed E-state index contributed by atoms with van der Waals surface area (Å²) in [5, 5.41) is 4.82. The van der Waals surface area contributed by atoms with Gasteiger partial charge in [0.1, 0.15) is 5.82 Å². The molecule has 0 aliphatic carbocycles. The van der Waals surface area contributed by atoms with E-state index in [1.807, 2.05) is 54.8 Å². The zero-order chi connectivity index (χ0) is 18.8. The SMILES string of the molecule is Cc1ccc(N2C(=O)C[C@@H](C(=O)Nc3ccccn3)[C@H]2c2cccs2)cc1. The number of benzene rings is 1. The summed E-state index contributed by atoms with van der Waals surface area (Å²) in [4.78, 5) is 32.8. The number of nitrogens with one attached hydrogen (secondary N) is 1. The number of aromatic nitrogens is 1. The van der Waals surface area contributed by atoms with Gasteiger partial charge in [-0.05, 0) is 42.6 Å². The first-order valence-corrected chi connectivity index (χ1v) is 9.65. The first-order valence-electron chi connectivity index (χ1n) is 8.77. The van der Waals surface area contributed by atoms with Gasteiger partial charge < -0.3 is 10.2 Å². The van der Waals surface area contributed by atoms with Crippen molar-refractivity contribution in [3.63, 3.8) is 0 Å². The van der Waals surface area contributed by atoms with Crippen molar-refractivity contribution in [2.24, 2.45) is 5.92 Å². The van der Waals surface area contributed by atoms with Gasteiger partial charge in [-0.25, -0.2) is 4.98 Å². The van der Waals surface area contributed by atoms with E-state index in [4.69, 9.17) is 0 Å². The van der Waals surface area contributed by atoms with E-state index in [2.05, 4.69) is 10.3 Å². The quantitative estimate of drug-likeness (QED) is 0.742. The second-order valence-electron chi connectivity index (χ2n) is 6.57. The summed E-state index contributed by atoms with van der Waals surface area (Å²) in [6, 6.07) is 16.8. The van der Waals surface area contributed by atoms with Crippen molar-refractivity contribution in [2.75, 3.05) is 10.2 Å². The first kappa shape index (κ1) is 17.4. The molecule has 4 rings (SSSR count). The molecule has 1 aliphatic heterocycles. The van der Waals surface area contributed by atoms with Crippen LogP contribution < -0.4 is 10.2 Å². The molecule has 5 nitrogen and oxygen atoms in total. The maximum absolute atomic E-state index is 13.0. The van der Waals surface area contributed by atoms with Crippen LogP contribution in [0.25, 0.3) is 0 Å². The maximum Gasteiger partial charge on any atom is 0.231 e. The number of rotatable bonds is 4. The number of thiophene rings is 1. The second kappa shape index (κ2) is 7.32. The van der Waals surface area contributed by atoms with E-state index >= 15 is 0 Å². The van der Waals surface area contributed by atoms with Crippen LogP contribution in [0.2, 0.25) is 0 Å². The van der Waals surface area contributed by atoms with Crippen LogP contribution in [-0.4, -0.2) is 16.8 Å². The molecule has 1 fully saturated rings. The third kappa shape index (κ3) is 3.48. The fourth-order valence-corrected chi connectivity index (χ4v) is 4.30. The Morgan fingerprint density at radius 2 is 1.96 bits per heavy atom. The lowest BCUT2D eigenvalue weighted by Crippen LogP contribution is -2.32. The molecule has 0 radical (unpaired) electrons. The largest absolute Gasteiger partial charge is 0.310 e. The van der Waals surface area contributed by atoms with Crippen molar-refractivity contribution >= 4 is 34.7 Å². The summed E-state index contributed by atoms with van der Waals surface area (Å²) in [5.41, 5.74) is 1.94. The number of amides is 2. The fourth-order valence-electron chi connectivity index (χ4n) is 3.42. The molecular weight excluding hydrogens is 358 g/mol. The highest BCUT2D eigenvalue weighted by atomic mass is 32.1. The van der Waals surface area contributed by atoms with Crippen molar-refractivity contribution < 1.29 is 9.59 Å². The molecule has 27 heavy (non-hydrogen) atoms. The summed E-state index contributed by atoms with van der Waals surface area (Å²) in [7, 11) is 0. The maximum atomic E-state index is 13.0. The summed E-state index contributed by atoms with van der Waals surface area (Å²) >= 11 is 1.56. The Hall–Kier alpha value is -2.99. The Morgan fingerprint density at radius 1 is 1.15 bits per heavy atom. The van der Waals surface area contributed by atoms with Gasteiger partial charge in [0.2, 0.25) is 11.8 Å². The molecule has 0 saturated carbocycles. The van der Waals surface area contributed by atoms with E-state index < -0.39 is 5.92 Å².